The van der Waals surface area contributed by atoms with Crippen molar-refractivity contribution in [2.45, 2.75) is 38.3 Å². The SMILES string of the molecule is Cc1cc(C2CN([C@@H]3CCNC3)C2)cc2c1O[C@H](C)c1c(ncnc1N1CCS(=O)(=O)CC1)N2. The summed E-state index contributed by atoms with van der Waals surface area (Å²) in [6.07, 6.45) is 2.53. The number of fused-ring (bicyclic) bond motifs is 2. The van der Waals surface area contributed by atoms with Crippen LogP contribution in [0.15, 0.2) is 18.5 Å². The van der Waals surface area contributed by atoms with Crippen LogP contribution in [0.3, 0.4) is 0 Å². The molecule has 34 heavy (non-hydrogen) atoms. The number of hydrogen-bond donors (Lipinski definition) is 2. The van der Waals surface area contributed by atoms with Gasteiger partial charge in [0, 0.05) is 44.7 Å². The molecule has 0 amide bonds. The number of aryl methyl sites for hydroxylation is 1. The van der Waals surface area contributed by atoms with Gasteiger partial charge in [0.15, 0.2) is 9.84 Å². The van der Waals surface area contributed by atoms with Gasteiger partial charge in [-0.05, 0) is 44.0 Å². The molecule has 3 saturated heterocycles. The number of rotatable bonds is 3. The predicted molar refractivity (Wildman–Crippen MR) is 132 cm³/mol. The highest BCUT2D eigenvalue weighted by molar-refractivity contribution is 7.91. The Hall–Kier alpha value is -2.43. The first-order valence-corrected chi connectivity index (χ1v) is 14.0. The molecule has 2 atom stereocenters. The van der Waals surface area contributed by atoms with E-state index in [1.165, 1.54) is 12.0 Å². The van der Waals surface area contributed by atoms with Crippen LogP contribution in [0.5, 0.6) is 5.75 Å². The lowest BCUT2D eigenvalue weighted by Gasteiger charge is -2.43. The van der Waals surface area contributed by atoms with Crippen LogP contribution in [0.4, 0.5) is 17.3 Å². The molecule has 0 spiro atoms. The van der Waals surface area contributed by atoms with Crippen molar-refractivity contribution in [3.05, 3.63) is 35.2 Å². The smallest absolute Gasteiger partial charge is 0.153 e. The highest BCUT2D eigenvalue weighted by Gasteiger charge is 2.36. The van der Waals surface area contributed by atoms with E-state index >= 15 is 0 Å². The summed E-state index contributed by atoms with van der Waals surface area (Å²) in [6.45, 7) is 9.41. The molecule has 0 bridgehead atoms. The van der Waals surface area contributed by atoms with Gasteiger partial charge in [0.2, 0.25) is 0 Å². The van der Waals surface area contributed by atoms with Crippen molar-refractivity contribution in [2.75, 3.05) is 61.0 Å². The molecule has 9 nitrogen and oxygen atoms in total. The number of benzene rings is 1. The Kier molecular flexibility index (Phi) is 5.42. The molecule has 0 unspecified atom stereocenters. The van der Waals surface area contributed by atoms with Gasteiger partial charge < -0.3 is 20.3 Å². The minimum absolute atomic E-state index is 0.145. The lowest BCUT2D eigenvalue weighted by molar-refractivity contribution is 0.101. The number of nitrogens with zero attached hydrogens (tertiary/aromatic N) is 4. The van der Waals surface area contributed by atoms with E-state index in [2.05, 4.69) is 44.6 Å². The molecule has 4 aliphatic heterocycles. The Morgan fingerprint density at radius 3 is 2.68 bits per heavy atom. The molecular formula is C24H32N6O3S. The summed E-state index contributed by atoms with van der Waals surface area (Å²) < 4.78 is 30.3. The van der Waals surface area contributed by atoms with Gasteiger partial charge in [0.25, 0.3) is 0 Å². The molecule has 10 heteroatoms. The zero-order valence-electron chi connectivity index (χ0n) is 19.7. The Bertz CT molecular complexity index is 1190. The van der Waals surface area contributed by atoms with Crippen LogP contribution in [-0.2, 0) is 9.84 Å². The molecule has 0 radical (unpaired) electrons. The minimum Gasteiger partial charge on any atom is -0.483 e. The number of hydrogen-bond acceptors (Lipinski definition) is 9. The number of anilines is 3. The Morgan fingerprint density at radius 2 is 1.94 bits per heavy atom. The molecule has 1 aromatic heterocycles. The molecule has 5 heterocycles. The fraction of sp³-hybridized carbons (Fsp3) is 0.583. The van der Waals surface area contributed by atoms with Crippen molar-refractivity contribution >= 4 is 27.2 Å². The quantitative estimate of drug-likeness (QED) is 0.677. The highest BCUT2D eigenvalue weighted by Crippen LogP contribution is 2.45. The van der Waals surface area contributed by atoms with Crippen molar-refractivity contribution in [3.63, 3.8) is 0 Å². The molecule has 0 saturated carbocycles. The average molecular weight is 485 g/mol. The second-order valence-electron chi connectivity index (χ2n) is 10.00. The van der Waals surface area contributed by atoms with E-state index in [0.717, 1.165) is 60.4 Å². The van der Waals surface area contributed by atoms with Crippen LogP contribution in [-0.4, -0.2) is 80.1 Å². The number of likely N-dealkylation sites (tertiary alicyclic amines) is 1. The molecule has 4 aliphatic rings. The first kappa shape index (κ1) is 22.1. The maximum atomic E-state index is 11.9. The third kappa shape index (κ3) is 3.91. The van der Waals surface area contributed by atoms with Gasteiger partial charge in [0.05, 0.1) is 22.8 Å². The fourth-order valence-electron chi connectivity index (χ4n) is 5.66. The topological polar surface area (TPSA) is 99.7 Å². The van der Waals surface area contributed by atoms with E-state index in [1.54, 1.807) is 6.33 Å². The molecule has 182 valence electrons. The van der Waals surface area contributed by atoms with Gasteiger partial charge in [-0.3, -0.25) is 4.90 Å². The number of aromatic nitrogens is 2. The Balaban J connectivity index is 1.27. The maximum absolute atomic E-state index is 11.9. The zero-order valence-corrected chi connectivity index (χ0v) is 20.6. The van der Waals surface area contributed by atoms with E-state index in [9.17, 15) is 8.42 Å². The molecule has 3 fully saturated rings. The predicted octanol–water partition coefficient (Wildman–Crippen LogP) is 1.98. The van der Waals surface area contributed by atoms with E-state index in [0.29, 0.717) is 25.0 Å². The summed E-state index contributed by atoms with van der Waals surface area (Å²) in [5.74, 6) is 3.15. The minimum atomic E-state index is -2.97. The van der Waals surface area contributed by atoms with Gasteiger partial charge in [0.1, 0.15) is 29.8 Å². The van der Waals surface area contributed by atoms with Crippen LogP contribution in [0.25, 0.3) is 0 Å². The zero-order chi connectivity index (χ0) is 23.4. The van der Waals surface area contributed by atoms with Crippen LogP contribution in [0.1, 0.15) is 42.1 Å². The maximum Gasteiger partial charge on any atom is 0.153 e. The number of ether oxygens (including phenoxy) is 1. The number of nitrogens with one attached hydrogen (secondary N) is 2. The normalized spacial score (nSPS) is 26.6. The van der Waals surface area contributed by atoms with E-state index in [1.807, 2.05) is 11.8 Å². The molecule has 2 N–H and O–H groups in total. The highest BCUT2D eigenvalue weighted by atomic mass is 32.2. The van der Waals surface area contributed by atoms with E-state index < -0.39 is 9.84 Å². The van der Waals surface area contributed by atoms with Gasteiger partial charge >= 0.3 is 0 Å². The summed E-state index contributed by atoms with van der Waals surface area (Å²) in [4.78, 5) is 13.7. The van der Waals surface area contributed by atoms with E-state index in [4.69, 9.17) is 4.74 Å². The standard InChI is InChI=1S/C24H32N6O3S/c1-15-9-17(18-12-30(13-18)19-3-4-25-11-19)10-20-22(15)33-16(2)21-23(28-20)26-14-27-24(21)29-5-7-34(31,32)8-6-29/h9-10,14,16,18-19,25H,3-8,11-13H2,1-2H3,(H,26,27,28)/t16-,19-/m1/s1. The largest absolute Gasteiger partial charge is 0.483 e. The van der Waals surface area contributed by atoms with E-state index in [-0.39, 0.29) is 17.6 Å². The van der Waals surface area contributed by atoms with Crippen LogP contribution in [0.2, 0.25) is 0 Å². The third-order valence-electron chi connectivity index (χ3n) is 7.69. The lowest BCUT2D eigenvalue weighted by Crippen LogP contribution is -2.51. The van der Waals surface area contributed by atoms with Crippen LogP contribution < -0.4 is 20.3 Å². The van der Waals surface area contributed by atoms with Crippen molar-refractivity contribution in [2.24, 2.45) is 0 Å². The molecule has 0 aliphatic carbocycles. The molecular weight excluding hydrogens is 452 g/mol. The number of sulfone groups is 1. The summed E-state index contributed by atoms with van der Waals surface area (Å²) >= 11 is 0. The van der Waals surface area contributed by atoms with Crippen molar-refractivity contribution in [1.82, 2.24) is 20.2 Å². The summed E-state index contributed by atoms with van der Waals surface area (Å²) in [6, 6.07) is 5.15. The Labute approximate surface area is 200 Å². The monoisotopic (exact) mass is 484 g/mol. The van der Waals surface area contributed by atoms with Crippen molar-refractivity contribution < 1.29 is 13.2 Å². The molecule has 2 aromatic rings. The van der Waals surface area contributed by atoms with Crippen LogP contribution >= 0.6 is 0 Å². The average Bonchev–Trinajstić information content (AvgIpc) is 3.24. The van der Waals surface area contributed by atoms with Gasteiger partial charge in [-0.2, -0.15) is 0 Å². The van der Waals surface area contributed by atoms with Crippen molar-refractivity contribution in [1.29, 1.82) is 0 Å². The van der Waals surface area contributed by atoms with Crippen LogP contribution in [0, 0.1) is 6.92 Å². The first-order chi connectivity index (χ1) is 16.4. The third-order valence-corrected chi connectivity index (χ3v) is 9.30. The lowest BCUT2D eigenvalue weighted by atomic mass is 9.88. The van der Waals surface area contributed by atoms with Gasteiger partial charge in [-0.25, -0.2) is 18.4 Å². The summed E-state index contributed by atoms with van der Waals surface area (Å²) in [5.41, 5.74) is 4.26. The molecule has 1 aromatic carbocycles. The summed E-state index contributed by atoms with van der Waals surface area (Å²) in [5, 5.41) is 7.00. The Morgan fingerprint density at radius 1 is 1.15 bits per heavy atom. The second-order valence-corrected chi connectivity index (χ2v) is 12.3. The second kappa shape index (κ2) is 8.35. The van der Waals surface area contributed by atoms with Gasteiger partial charge in [-0.15, -0.1) is 0 Å². The summed E-state index contributed by atoms with van der Waals surface area (Å²) in [7, 11) is -2.97. The van der Waals surface area contributed by atoms with Gasteiger partial charge in [-0.1, -0.05) is 6.07 Å². The van der Waals surface area contributed by atoms with Crippen molar-refractivity contribution in [3.8, 4) is 5.75 Å². The first-order valence-electron chi connectivity index (χ1n) is 12.2. The fourth-order valence-corrected chi connectivity index (χ4v) is 6.86. The molecule has 6 rings (SSSR count).